The van der Waals surface area contributed by atoms with E-state index in [1.165, 1.54) is 34.8 Å². The number of rotatable bonds is 5. The van der Waals surface area contributed by atoms with Crippen molar-refractivity contribution in [3.8, 4) is 0 Å². The van der Waals surface area contributed by atoms with Crippen LogP contribution in [0.3, 0.4) is 0 Å². The lowest BCUT2D eigenvalue weighted by Crippen LogP contribution is -2.42. The van der Waals surface area contributed by atoms with Crippen LogP contribution in [-0.4, -0.2) is 36.5 Å². The molecule has 4 nitrogen and oxygen atoms in total. The summed E-state index contributed by atoms with van der Waals surface area (Å²) in [5.41, 5.74) is 1.32. The summed E-state index contributed by atoms with van der Waals surface area (Å²) in [7, 11) is 0. The van der Waals surface area contributed by atoms with E-state index >= 15 is 0 Å². The number of thiazole rings is 1. The van der Waals surface area contributed by atoms with E-state index in [9.17, 15) is 5.11 Å². The third kappa shape index (κ3) is 3.47. The van der Waals surface area contributed by atoms with E-state index in [0.717, 1.165) is 39.0 Å². The maximum absolute atomic E-state index is 9.75. The number of hydrogen-bond acceptors (Lipinski definition) is 5. The van der Waals surface area contributed by atoms with Gasteiger partial charge in [-0.2, -0.15) is 0 Å². The Morgan fingerprint density at radius 1 is 1.33 bits per heavy atom. The molecule has 0 radical (unpaired) electrons. The topological polar surface area (TPSA) is 54.4 Å². The number of hydrogen-bond donors (Lipinski definition) is 2. The van der Waals surface area contributed by atoms with Gasteiger partial charge in [-0.3, -0.25) is 0 Å². The Balaban J connectivity index is 1.60. The number of nitrogens with zero attached hydrogens (tertiary/aromatic N) is 1. The molecule has 5 heteroatoms. The molecule has 1 aliphatic carbocycles. The molecule has 0 saturated carbocycles. The van der Waals surface area contributed by atoms with E-state index in [1.807, 2.05) is 11.3 Å². The Morgan fingerprint density at radius 2 is 2.10 bits per heavy atom. The lowest BCUT2D eigenvalue weighted by atomic mass is 9.81. The van der Waals surface area contributed by atoms with Crippen LogP contribution in [0.15, 0.2) is 0 Å². The van der Waals surface area contributed by atoms with Crippen molar-refractivity contribution in [1.82, 2.24) is 10.3 Å². The van der Waals surface area contributed by atoms with Gasteiger partial charge in [0.15, 0.2) is 0 Å². The maximum atomic E-state index is 9.75. The zero-order chi connectivity index (χ0) is 14.7. The molecule has 0 amide bonds. The van der Waals surface area contributed by atoms with E-state index in [-0.39, 0.29) is 18.1 Å². The largest absolute Gasteiger partial charge is 0.396 e. The molecule has 3 rings (SSSR count). The first-order valence-electron chi connectivity index (χ1n) is 8.13. The van der Waals surface area contributed by atoms with Crippen LogP contribution in [0.25, 0.3) is 0 Å². The second-order valence-electron chi connectivity index (χ2n) is 6.50. The van der Waals surface area contributed by atoms with Gasteiger partial charge in [0.05, 0.1) is 18.3 Å². The van der Waals surface area contributed by atoms with E-state index in [2.05, 4.69) is 12.2 Å². The zero-order valence-electron chi connectivity index (χ0n) is 12.9. The monoisotopic (exact) mass is 310 g/mol. The van der Waals surface area contributed by atoms with Crippen LogP contribution < -0.4 is 5.32 Å². The first-order chi connectivity index (χ1) is 10.2. The van der Waals surface area contributed by atoms with E-state index in [0.29, 0.717) is 0 Å². The van der Waals surface area contributed by atoms with Gasteiger partial charge in [-0.05, 0) is 45.4 Å². The number of aryl methyl sites for hydroxylation is 2. The van der Waals surface area contributed by atoms with Crippen molar-refractivity contribution in [2.45, 2.75) is 51.5 Å². The summed E-state index contributed by atoms with van der Waals surface area (Å²) >= 11 is 1.88. The van der Waals surface area contributed by atoms with Crippen LogP contribution in [0.1, 0.15) is 54.2 Å². The fourth-order valence-corrected chi connectivity index (χ4v) is 4.39. The highest BCUT2D eigenvalue weighted by Crippen LogP contribution is 2.32. The van der Waals surface area contributed by atoms with Crippen LogP contribution in [0.4, 0.5) is 0 Å². The minimum absolute atomic E-state index is 0.0105. The molecule has 2 aliphatic rings. The van der Waals surface area contributed by atoms with Crippen molar-refractivity contribution in [3.05, 3.63) is 15.6 Å². The Morgan fingerprint density at radius 3 is 2.81 bits per heavy atom. The molecular weight excluding hydrogens is 284 g/mol. The minimum atomic E-state index is -0.0105. The van der Waals surface area contributed by atoms with Crippen molar-refractivity contribution < 1.29 is 9.84 Å². The van der Waals surface area contributed by atoms with Gasteiger partial charge in [0.1, 0.15) is 5.01 Å². The summed E-state index contributed by atoms with van der Waals surface area (Å²) in [6.07, 6.45) is 6.83. The lowest BCUT2D eigenvalue weighted by Gasteiger charge is -2.36. The summed E-state index contributed by atoms with van der Waals surface area (Å²) < 4.78 is 5.42. The highest BCUT2D eigenvalue weighted by atomic mass is 32.1. The van der Waals surface area contributed by atoms with Gasteiger partial charge >= 0.3 is 0 Å². The van der Waals surface area contributed by atoms with E-state index in [1.54, 1.807) is 0 Å². The Bertz CT molecular complexity index is 445. The third-order valence-corrected chi connectivity index (χ3v) is 6.24. The molecule has 0 spiro atoms. The highest BCUT2D eigenvalue weighted by molar-refractivity contribution is 7.11. The molecule has 2 heterocycles. The molecule has 1 atom stereocenters. The normalized spacial score (nSPS) is 22.8. The first kappa shape index (κ1) is 15.4. The molecule has 1 unspecified atom stereocenters. The summed E-state index contributed by atoms with van der Waals surface area (Å²) in [5, 5.41) is 14.6. The predicted octanol–water partition coefficient (Wildman–Crippen LogP) is 2.46. The van der Waals surface area contributed by atoms with Crippen LogP contribution >= 0.6 is 11.3 Å². The number of fused-ring (bicyclic) bond motifs is 1. The van der Waals surface area contributed by atoms with Crippen LogP contribution in [0, 0.1) is 5.41 Å². The number of aliphatic hydroxyl groups excluding tert-OH is 1. The SMILES string of the molecule is CC(NCC1(CO)CCOCC1)c1nc2c(s1)CCCC2. The quantitative estimate of drug-likeness (QED) is 0.877. The van der Waals surface area contributed by atoms with Gasteiger partial charge in [-0.25, -0.2) is 4.98 Å². The Hall–Kier alpha value is -0.490. The average Bonchev–Trinajstić information content (AvgIpc) is 2.97. The fourth-order valence-electron chi connectivity index (χ4n) is 3.21. The molecule has 21 heavy (non-hydrogen) atoms. The molecule has 1 aromatic rings. The molecule has 1 saturated heterocycles. The van der Waals surface area contributed by atoms with Gasteiger partial charge in [-0.1, -0.05) is 0 Å². The van der Waals surface area contributed by atoms with Crippen molar-refractivity contribution in [1.29, 1.82) is 0 Å². The second-order valence-corrected chi connectivity index (χ2v) is 7.62. The van der Waals surface area contributed by atoms with Crippen LogP contribution in [0.5, 0.6) is 0 Å². The molecule has 2 N–H and O–H groups in total. The molecular formula is C16H26N2O2S. The van der Waals surface area contributed by atoms with Crippen LogP contribution in [0.2, 0.25) is 0 Å². The summed E-state index contributed by atoms with van der Waals surface area (Å²) in [6, 6.07) is 0.270. The summed E-state index contributed by atoms with van der Waals surface area (Å²) in [6.45, 7) is 4.81. The molecule has 1 aliphatic heterocycles. The predicted molar refractivity (Wildman–Crippen MR) is 84.7 cm³/mol. The maximum Gasteiger partial charge on any atom is 0.110 e. The number of ether oxygens (including phenoxy) is 1. The van der Waals surface area contributed by atoms with Crippen LogP contribution in [-0.2, 0) is 17.6 Å². The van der Waals surface area contributed by atoms with Gasteiger partial charge < -0.3 is 15.2 Å². The molecule has 0 bridgehead atoms. The Labute approximate surface area is 130 Å². The van der Waals surface area contributed by atoms with Gasteiger partial charge in [0.25, 0.3) is 0 Å². The molecule has 1 aromatic heterocycles. The number of aliphatic hydroxyl groups is 1. The first-order valence-corrected chi connectivity index (χ1v) is 8.95. The molecule has 0 aromatic carbocycles. The summed E-state index contributed by atoms with van der Waals surface area (Å²) in [4.78, 5) is 6.33. The molecule has 1 fully saturated rings. The smallest absolute Gasteiger partial charge is 0.110 e. The molecule has 118 valence electrons. The fraction of sp³-hybridized carbons (Fsp3) is 0.812. The van der Waals surface area contributed by atoms with E-state index in [4.69, 9.17) is 9.72 Å². The average molecular weight is 310 g/mol. The zero-order valence-corrected chi connectivity index (χ0v) is 13.7. The number of nitrogens with one attached hydrogen (secondary N) is 1. The van der Waals surface area contributed by atoms with Crippen molar-refractivity contribution in [3.63, 3.8) is 0 Å². The van der Waals surface area contributed by atoms with Gasteiger partial charge in [-0.15, -0.1) is 11.3 Å². The number of aromatic nitrogens is 1. The standard InChI is InChI=1S/C16H26N2O2S/c1-12(15-18-13-4-2-3-5-14(13)21-15)17-10-16(11-19)6-8-20-9-7-16/h12,17,19H,2-11H2,1H3. The van der Waals surface area contributed by atoms with Crippen molar-refractivity contribution >= 4 is 11.3 Å². The van der Waals surface area contributed by atoms with Gasteiger partial charge in [0.2, 0.25) is 0 Å². The minimum Gasteiger partial charge on any atom is -0.396 e. The van der Waals surface area contributed by atoms with Crippen molar-refractivity contribution in [2.75, 3.05) is 26.4 Å². The highest BCUT2D eigenvalue weighted by Gasteiger charge is 2.32. The van der Waals surface area contributed by atoms with Crippen molar-refractivity contribution in [2.24, 2.45) is 5.41 Å². The summed E-state index contributed by atoms with van der Waals surface area (Å²) in [5.74, 6) is 0. The second kappa shape index (κ2) is 6.73. The lowest BCUT2D eigenvalue weighted by molar-refractivity contribution is -0.0163. The van der Waals surface area contributed by atoms with Gasteiger partial charge in [0, 0.05) is 30.1 Å². The third-order valence-electron chi connectivity index (χ3n) is 4.90. The van der Waals surface area contributed by atoms with E-state index < -0.39 is 0 Å². The Kier molecular flexibility index (Phi) is 4.94.